The van der Waals surface area contributed by atoms with Crippen molar-refractivity contribution in [1.82, 2.24) is 0 Å². The molecule has 0 rings (SSSR count). The van der Waals surface area contributed by atoms with E-state index < -0.39 is 0 Å². The predicted octanol–water partition coefficient (Wildman–Crippen LogP) is 1.07. The molecule has 0 aliphatic rings. The molecular formula is C2H6ClPSi. The largest absolute Gasteiger partial charge is 0.179 e. The SMILES string of the molecule is CC(P)[Si]Cl. The highest BCUT2D eigenvalue weighted by Gasteiger charge is 1.85. The van der Waals surface area contributed by atoms with Gasteiger partial charge in [-0.3, -0.25) is 0 Å². The lowest BCUT2D eigenvalue weighted by molar-refractivity contribution is 1.40. The minimum Gasteiger partial charge on any atom is -0.171 e. The fourth-order valence-corrected chi connectivity index (χ4v) is 0. The number of halogens is 1. The van der Waals surface area contributed by atoms with Crippen molar-refractivity contribution < 1.29 is 0 Å². The Morgan fingerprint density at radius 2 is 2.20 bits per heavy atom. The average molecular weight is 125 g/mol. The van der Waals surface area contributed by atoms with E-state index in [1.165, 1.54) is 0 Å². The van der Waals surface area contributed by atoms with E-state index in [-0.39, 0.29) is 0 Å². The van der Waals surface area contributed by atoms with E-state index in [0.29, 0.717) is 14.1 Å². The molecule has 2 unspecified atom stereocenters. The van der Waals surface area contributed by atoms with Crippen LogP contribution >= 0.6 is 20.3 Å². The van der Waals surface area contributed by atoms with Crippen LogP contribution < -0.4 is 0 Å². The summed E-state index contributed by atoms with van der Waals surface area (Å²) >= 11 is 5.34. The first-order chi connectivity index (χ1) is 2.27. The summed E-state index contributed by atoms with van der Waals surface area (Å²) in [4.78, 5) is 0. The molecule has 3 heteroatoms. The highest BCUT2D eigenvalue weighted by molar-refractivity contribution is 7.25. The van der Waals surface area contributed by atoms with Crippen LogP contribution in [0.3, 0.4) is 0 Å². The average Bonchev–Trinajstić information content (AvgIpc) is 1.38. The first-order valence-corrected chi connectivity index (χ1v) is 4.14. The summed E-state index contributed by atoms with van der Waals surface area (Å²) < 4.78 is 0. The maximum absolute atomic E-state index is 5.34. The van der Waals surface area contributed by atoms with Gasteiger partial charge in [0, 0.05) is 0 Å². The van der Waals surface area contributed by atoms with Crippen LogP contribution in [-0.4, -0.2) is 14.1 Å². The molecule has 0 spiro atoms. The molecule has 0 aromatic carbocycles. The van der Waals surface area contributed by atoms with Gasteiger partial charge >= 0.3 is 0 Å². The van der Waals surface area contributed by atoms with Crippen LogP contribution in [0.2, 0.25) is 0 Å². The van der Waals surface area contributed by atoms with Gasteiger partial charge in [0.25, 0.3) is 0 Å². The summed E-state index contributed by atoms with van der Waals surface area (Å²) in [6, 6.07) is 0. The third kappa shape index (κ3) is 4.94. The van der Waals surface area contributed by atoms with E-state index in [9.17, 15) is 0 Å². The lowest BCUT2D eigenvalue weighted by atomic mass is 11.0. The van der Waals surface area contributed by atoms with Crippen molar-refractivity contribution in [3.8, 4) is 0 Å². The van der Waals surface area contributed by atoms with Crippen molar-refractivity contribution in [3.05, 3.63) is 0 Å². The molecule has 0 nitrogen and oxygen atoms in total. The smallest absolute Gasteiger partial charge is 0.171 e. The molecule has 5 heavy (non-hydrogen) atoms. The zero-order valence-corrected chi connectivity index (χ0v) is 5.94. The van der Waals surface area contributed by atoms with Crippen LogP contribution in [-0.2, 0) is 0 Å². The van der Waals surface area contributed by atoms with Gasteiger partial charge in [-0.25, -0.2) is 0 Å². The van der Waals surface area contributed by atoms with E-state index >= 15 is 0 Å². The molecule has 0 fully saturated rings. The molecule has 0 aromatic heterocycles. The lowest BCUT2D eigenvalue weighted by Gasteiger charge is -1.85. The number of rotatable bonds is 1. The summed E-state index contributed by atoms with van der Waals surface area (Å²) in [5.41, 5.74) is 0. The Morgan fingerprint density at radius 3 is 2.20 bits per heavy atom. The summed E-state index contributed by atoms with van der Waals surface area (Å²) in [5, 5.41) is 0.594. The third-order valence-electron chi connectivity index (χ3n) is 0.172. The molecule has 0 bridgehead atoms. The van der Waals surface area contributed by atoms with Gasteiger partial charge in [0.1, 0.15) is 0 Å². The van der Waals surface area contributed by atoms with Crippen LogP contribution in [0.15, 0.2) is 0 Å². The maximum Gasteiger partial charge on any atom is 0.179 e. The molecule has 0 saturated carbocycles. The normalized spacial score (nSPS) is 15.0. The second-order valence-corrected chi connectivity index (χ2v) is 4.35. The fourth-order valence-electron chi connectivity index (χ4n) is 0. The summed E-state index contributed by atoms with van der Waals surface area (Å²) in [7, 11) is 3.16. The molecule has 2 atom stereocenters. The van der Waals surface area contributed by atoms with Crippen molar-refractivity contribution in [2.45, 2.75) is 12.2 Å². The summed E-state index contributed by atoms with van der Waals surface area (Å²) in [6.07, 6.45) is 0. The fraction of sp³-hybridized carbons (Fsp3) is 1.00. The van der Waals surface area contributed by atoms with Gasteiger partial charge in [0.2, 0.25) is 0 Å². The monoisotopic (exact) mass is 124 g/mol. The van der Waals surface area contributed by atoms with Crippen LogP contribution in [0, 0.1) is 0 Å². The minimum atomic E-state index is 0.549. The van der Waals surface area contributed by atoms with E-state index in [0.717, 1.165) is 0 Å². The molecule has 0 amide bonds. The Kier molecular flexibility index (Phi) is 3.73. The maximum atomic E-state index is 5.34. The van der Waals surface area contributed by atoms with Crippen molar-refractivity contribution in [3.63, 3.8) is 0 Å². The van der Waals surface area contributed by atoms with Crippen molar-refractivity contribution in [2.24, 2.45) is 0 Å². The second kappa shape index (κ2) is 3.14. The molecular weight excluding hydrogens is 119 g/mol. The third-order valence-corrected chi connectivity index (χ3v) is 2.68. The van der Waals surface area contributed by atoms with Gasteiger partial charge in [-0.2, -0.15) is 11.1 Å². The quantitative estimate of drug-likeness (QED) is 0.279. The van der Waals surface area contributed by atoms with E-state index in [4.69, 9.17) is 11.1 Å². The highest BCUT2D eigenvalue weighted by Crippen LogP contribution is 1.94. The van der Waals surface area contributed by atoms with Crippen LogP contribution in [0.1, 0.15) is 6.92 Å². The molecule has 2 radical (unpaired) electrons. The molecule has 0 heterocycles. The number of hydrogen-bond acceptors (Lipinski definition) is 0. The zero-order chi connectivity index (χ0) is 4.28. The van der Waals surface area contributed by atoms with Gasteiger partial charge in [0.05, 0.1) is 0 Å². The molecule has 0 aliphatic carbocycles. The number of hydrogen-bond donors (Lipinski definition) is 0. The van der Waals surface area contributed by atoms with Gasteiger partial charge in [-0.1, -0.05) is 6.92 Å². The van der Waals surface area contributed by atoms with E-state index in [2.05, 4.69) is 16.2 Å². The van der Waals surface area contributed by atoms with Crippen molar-refractivity contribution in [2.75, 3.05) is 0 Å². The molecule has 0 aromatic rings. The van der Waals surface area contributed by atoms with Crippen LogP contribution in [0.25, 0.3) is 0 Å². The van der Waals surface area contributed by atoms with Crippen LogP contribution in [0.4, 0.5) is 0 Å². The Balaban J connectivity index is 2.54. The second-order valence-electron chi connectivity index (χ2n) is 0.898. The molecule has 0 aliphatic heterocycles. The van der Waals surface area contributed by atoms with E-state index in [1.807, 2.05) is 0 Å². The van der Waals surface area contributed by atoms with Crippen molar-refractivity contribution >= 4 is 29.1 Å². The van der Waals surface area contributed by atoms with Gasteiger partial charge in [-0.05, 0) is 5.28 Å². The lowest BCUT2D eigenvalue weighted by Crippen LogP contribution is -1.92. The van der Waals surface area contributed by atoms with Crippen molar-refractivity contribution in [1.29, 1.82) is 0 Å². The minimum absolute atomic E-state index is 0.549. The Bertz CT molecular complexity index is 23.6. The predicted molar refractivity (Wildman–Crippen MR) is 30.8 cm³/mol. The van der Waals surface area contributed by atoms with Crippen LogP contribution in [0.5, 0.6) is 0 Å². The first kappa shape index (κ1) is 5.94. The first-order valence-electron chi connectivity index (χ1n) is 1.39. The van der Waals surface area contributed by atoms with Gasteiger partial charge in [-0.15, -0.1) is 9.24 Å². The Labute approximate surface area is 42.0 Å². The molecule has 0 N–H and O–H groups in total. The highest BCUT2D eigenvalue weighted by atomic mass is 35.6. The standard InChI is InChI=1S/C2H6ClPSi/c1-2(4)5-3/h2H,4H2,1H3. The van der Waals surface area contributed by atoms with E-state index in [1.54, 1.807) is 0 Å². The molecule has 0 saturated heterocycles. The zero-order valence-electron chi connectivity index (χ0n) is 3.03. The Hall–Kier alpha value is 0.937. The summed E-state index contributed by atoms with van der Waals surface area (Å²) in [6.45, 7) is 2.07. The topological polar surface area (TPSA) is 0 Å². The van der Waals surface area contributed by atoms with Gasteiger partial charge < -0.3 is 0 Å². The Morgan fingerprint density at radius 1 is 2.00 bits per heavy atom. The summed E-state index contributed by atoms with van der Waals surface area (Å²) in [5.74, 6) is 0. The molecule has 30 valence electrons. The van der Waals surface area contributed by atoms with Gasteiger partial charge in [0.15, 0.2) is 8.83 Å².